The van der Waals surface area contributed by atoms with E-state index in [0.29, 0.717) is 12.2 Å². The summed E-state index contributed by atoms with van der Waals surface area (Å²) in [7, 11) is 0. The first kappa shape index (κ1) is 17.1. The van der Waals surface area contributed by atoms with Crippen LogP contribution in [-0.2, 0) is 4.79 Å². The molecule has 2 aromatic rings. The average Bonchev–Trinajstić information content (AvgIpc) is 2.95. The molecule has 5 nitrogen and oxygen atoms in total. The quantitative estimate of drug-likeness (QED) is 0.881. The van der Waals surface area contributed by atoms with Crippen molar-refractivity contribution in [2.24, 2.45) is 5.92 Å². The van der Waals surface area contributed by atoms with E-state index in [0.717, 1.165) is 16.1 Å². The second-order valence-corrected chi connectivity index (χ2v) is 6.68. The molecule has 0 atom stereocenters. The molecule has 0 radical (unpaired) electrons. The number of benzene rings is 1. The van der Waals surface area contributed by atoms with E-state index in [1.807, 2.05) is 45.0 Å². The third-order valence-electron chi connectivity index (χ3n) is 3.30. The zero-order valence-corrected chi connectivity index (χ0v) is 14.3. The minimum Gasteiger partial charge on any atom is -0.480 e. The van der Waals surface area contributed by atoms with Crippen molar-refractivity contribution in [2.75, 3.05) is 13.1 Å². The predicted molar refractivity (Wildman–Crippen MR) is 90.7 cm³/mol. The van der Waals surface area contributed by atoms with E-state index in [1.165, 1.54) is 16.2 Å². The molecule has 1 heterocycles. The Morgan fingerprint density at radius 1 is 1.30 bits per heavy atom. The summed E-state index contributed by atoms with van der Waals surface area (Å²) in [4.78, 5) is 29.3. The van der Waals surface area contributed by atoms with Gasteiger partial charge in [0, 0.05) is 17.5 Å². The summed E-state index contributed by atoms with van der Waals surface area (Å²) in [6.07, 6.45) is 0. The number of aromatic nitrogens is 1. The molecule has 0 fully saturated rings. The summed E-state index contributed by atoms with van der Waals surface area (Å²) >= 11 is 1.39. The zero-order valence-electron chi connectivity index (χ0n) is 13.4. The number of amides is 1. The Labute approximate surface area is 139 Å². The number of aliphatic carboxylic acids is 1. The lowest BCUT2D eigenvalue weighted by atomic mass is 10.1. The third-order valence-corrected chi connectivity index (χ3v) is 4.17. The van der Waals surface area contributed by atoms with Gasteiger partial charge < -0.3 is 10.0 Å². The lowest BCUT2D eigenvalue weighted by Gasteiger charge is -2.21. The highest BCUT2D eigenvalue weighted by molar-refractivity contribution is 7.13. The van der Waals surface area contributed by atoms with Crippen LogP contribution in [0.4, 0.5) is 0 Å². The summed E-state index contributed by atoms with van der Waals surface area (Å²) in [6.45, 7) is 5.97. The highest BCUT2D eigenvalue weighted by Crippen LogP contribution is 2.27. The van der Waals surface area contributed by atoms with Crippen LogP contribution in [0.1, 0.15) is 29.9 Å². The fourth-order valence-corrected chi connectivity index (χ4v) is 3.18. The summed E-state index contributed by atoms with van der Waals surface area (Å²) < 4.78 is 0. The monoisotopic (exact) mass is 332 g/mol. The van der Waals surface area contributed by atoms with Gasteiger partial charge in [-0.15, -0.1) is 11.3 Å². The lowest BCUT2D eigenvalue weighted by Crippen LogP contribution is -2.38. The molecule has 23 heavy (non-hydrogen) atoms. The number of thiazole rings is 1. The topological polar surface area (TPSA) is 70.5 Å². The van der Waals surface area contributed by atoms with Crippen LogP contribution in [0.2, 0.25) is 0 Å². The number of carbonyl (C=O) groups excluding carboxylic acids is 1. The van der Waals surface area contributed by atoms with Crippen LogP contribution < -0.4 is 0 Å². The fourth-order valence-electron chi connectivity index (χ4n) is 2.29. The van der Waals surface area contributed by atoms with E-state index in [9.17, 15) is 9.59 Å². The number of aryl methyl sites for hydroxylation is 1. The van der Waals surface area contributed by atoms with E-state index >= 15 is 0 Å². The molecular formula is C17H20N2O3S. The molecule has 1 aromatic carbocycles. The molecule has 0 aliphatic rings. The number of hydrogen-bond donors (Lipinski definition) is 1. The maximum atomic E-state index is 12.6. The predicted octanol–water partition coefficient (Wildman–Crippen LogP) is 3.30. The van der Waals surface area contributed by atoms with Crippen LogP contribution in [0.25, 0.3) is 10.6 Å². The first-order chi connectivity index (χ1) is 10.9. The third kappa shape index (κ3) is 4.39. The van der Waals surface area contributed by atoms with Gasteiger partial charge in [-0.2, -0.15) is 0 Å². The summed E-state index contributed by atoms with van der Waals surface area (Å²) in [5.74, 6) is -1.17. The Morgan fingerprint density at radius 2 is 2.00 bits per heavy atom. The standard InChI is InChI=1S/C17H20N2O3S/c1-11(2)8-19(9-15(20)21)17(22)14-10-23-16(18-14)13-7-5-4-6-12(13)3/h4-7,10-11H,8-9H2,1-3H3,(H,20,21). The van der Waals surface area contributed by atoms with Gasteiger partial charge in [-0.05, 0) is 18.4 Å². The van der Waals surface area contributed by atoms with Crippen molar-refractivity contribution in [3.63, 3.8) is 0 Å². The van der Waals surface area contributed by atoms with Crippen molar-refractivity contribution < 1.29 is 14.7 Å². The number of carboxylic acids is 1. The van der Waals surface area contributed by atoms with Gasteiger partial charge in [-0.25, -0.2) is 4.98 Å². The van der Waals surface area contributed by atoms with Crippen molar-refractivity contribution in [1.29, 1.82) is 0 Å². The fraction of sp³-hybridized carbons (Fsp3) is 0.353. The number of carbonyl (C=O) groups is 2. The molecular weight excluding hydrogens is 312 g/mol. The van der Waals surface area contributed by atoms with Crippen LogP contribution in [0.15, 0.2) is 29.6 Å². The SMILES string of the molecule is Cc1ccccc1-c1nc(C(=O)N(CC(=O)O)CC(C)C)cs1. The van der Waals surface area contributed by atoms with Gasteiger partial charge in [-0.3, -0.25) is 9.59 Å². The molecule has 1 amide bonds. The van der Waals surface area contributed by atoms with Crippen LogP contribution in [0, 0.1) is 12.8 Å². The highest BCUT2D eigenvalue weighted by atomic mass is 32.1. The molecule has 1 N–H and O–H groups in total. The molecule has 1 aromatic heterocycles. The van der Waals surface area contributed by atoms with Crippen LogP contribution in [0.5, 0.6) is 0 Å². The van der Waals surface area contributed by atoms with Crippen molar-refractivity contribution in [3.05, 3.63) is 40.9 Å². The van der Waals surface area contributed by atoms with E-state index in [2.05, 4.69) is 4.98 Å². The average molecular weight is 332 g/mol. The van der Waals surface area contributed by atoms with E-state index in [4.69, 9.17) is 5.11 Å². The van der Waals surface area contributed by atoms with E-state index in [-0.39, 0.29) is 18.4 Å². The molecule has 0 saturated carbocycles. The Hall–Kier alpha value is -2.21. The lowest BCUT2D eigenvalue weighted by molar-refractivity contribution is -0.137. The molecule has 0 spiro atoms. The maximum Gasteiger partial charge on any atom is 0.323 e. The largest absolute Gasteiger partial charge is 0.480 e. The van der Waals surface area contributed by atoms with Gasteiger partial charge in [0.1, 0.15) is 17.2 Å². The smallest absolute Gasteiger partial charge is 0.323 e. The van der Waals surface area contributed by atoms with Crippen molar-refractivity contribution >= 4 is 23.2 Å². The van der Waals surface area contributed by atoms with Gasteiger partial charge in [0.25, 0.3) is 5.91 Å². The first-order valence-corrected chi connectivity index (χ1v) is 8.29. The normalized spacial score (nSPS) is 10.8. The van der Waals surface area contributed by atoms with Crippen LogP contribution in [-0.4, -0.2) is 40.0 Å². The Morgan fingerprint density at radius 3 is 2.61 bits per heavy atom. The summed E-state index contributed by atoms with van der Waals surface area (Å²) in [5, 5.41) is 11.5. The zero-order chi connectivity index (χ0) is 17.0. The molecule has 0 unspecified atom stereocenters. The number of hydrogen-bond acceptors (Lipinski definition) is 4. The molecule has 0 bridgehead atoms. The van der Waals surface area contributed by atoms with Gasteiger partial charge in [-0.1, -0.05) is 38.1 Å². The highest BCUT2D eigenvalue weighted by Gasteiger charge is 2.22. The number of rotatable bonds is 6. The van der Waals surface area contributed by atoms with E-state index < -0.39 is 5.97 Å². The Kier molecular flexibility index (Phi) is 5.50. The van der Waals surface area contributed by atoms with Gasteiger partial charge in [0.15, 0.2) is 0 Å². The Bertz CT molecular complexity index is 709. The molecule has 0 aliphatic heterocycles. The van der Waals surface area contributed by atoms with Crippen molar-refractivity contribution in [1.82, 2.24) is 9.88 Å². The molecule has 2 rings (SSSR count). The molecule has 0 saturated heterocycles. The molecule has 122 valence electrons. The second kappa shape index (κ2) is 7.37. The first-order valence-electron chi connectivity index (χ1n) is 7.41. The van der Waals surface area contributed by atoms with Gasteiger partial charge in [0.2, 0.25) is 0 Å². The van der Waals surface area contributed by atoms with Crippen molar-refractivity contribution in [2.45, 2.75) is 20.8 Å². The van der Waals surface area contributed by atoms with Crippen molar-refractivity contribution in [3.8, 4) is 10.6 Å². The minimum absolute atomic E-state index is 0.188. The number of carboxylic acid groups (broad SMARTS) is 1. The second-order valence-electron chi connectivity index (χ2n) is 5.83. The van der Waals surface area contributed by atoms with Crippen LogP contribution in [0.3, 0.4) is 0 Å². The maximum absolute atomic E-state index is 12.6. The molecule has 6 heteroatoms. The van der Waals surface area contributed by atoms with Crippen LogP contribution >= 0.6 is 11.3 Å². The van der Waals surface area contributed by atoms with Gasteiger partial charge in [0.05, 0.1) is 0 Å². The van der Waals surface area contributed by atoms with Gasteiger partial charge >= 0.3 is 5.97 Å². The summed E-state index contributed by atoms with van der Waals surface area (Å²) in [5.41, 5.74) is 2.38. The minimum atomic E-state index is -1.02. The molecule has 0 aliphatic carbocycles. The van der Waals surface area contributed by atoms with E-state index in [1.54, 1.807) is 5.38 Å². The number of nitrogens with zero attached hydrogens (tertiary/aromatic N) is 2. The summed E-state index contributed by atoms with van der Waals surface area (Å²) in [6, 6.07) is 7.84. The Balaban J connectivity index is 2.25.